The predicted octanol–water partition coefficient (Wildman–Crippen LogP) is 2.21. The molecule has 1 heterocycles. The minimum absolute atomic E-state index is 0.223. The lowest BCUT2D eigenvalue weighted by atomic mass is 10.1. The predicted molar refractivity (Wildman–Crippen MR) is 99.6 cm³/mol. The van der Waals surface area contributed by atoms with E-state index in [1.54, 1.807) is 37.3 Å². The Hall–Kier alpha value is -3.70. The zero-order chi connectivity index (χ0) is 19.2. The summed E-state index contributed by atoms with van der Waals surface area (Å²) in [5.41, 5.74) is 7.35. The fourth-order valence-electron chi connectivity index (χ4n) is 2.41. The molecule has 1 unspecified atom stereocenters. The Morgan fingerprint density at radius 2 is 2.04 bits per heavy atom. The Labute approximate surface area is 156 Å². The molecule has 3 aromatic rings. The second kappa shape index (κ2) is 8.12. The van der Waals surface area contributed by atoms with Gasteiger partial charge in [0, 0.05) is 5.56 Å². The third-order valence-corrected chi connectivity index (χ3v) is 3.82. The van der Waals surface area contributed by atoms with Crippen molar-refractivity contribution in [1.29, 1.82) is 5.26 Å². The first kappa shape index (κ1) is 18.1. The highest BCUT2D eigenvalue weighted by Gasteiger charge is 2.18. The van der Waals surface area contributed by atoms with Gasteiger partial charge in [0.2, 0.25) is 0 Å². The molecule has 2 aromatic carbocycles. The normalized spacial score (nSPS) is 11.4. The van der Waals surface area contributed by atoms with Crippen LogP contribution in [0.3, 0.4) is 0 Å². The average Bonchev–Trinajstić information content (AvgIpc) is 3.18. The number of ether oxygens (including phenoxy) is 1. The largest absolute Gasteiger partial charge is 0.481 e. The van der Waals surface area contributed by atoms with Crippen LogP contribution in [-0.2, 0) is 11.3 Å². The van der Waals surface area contributed by atoms with Gasteiger partial charge in [0.05, 0.1) is 23.9 Å². The SMILES string of the molecule is CC(Oc1ccc(C#N)cc1)C(=O)Nc1ccccc1-c1nc(CN)n[nH]1. The molecule has 1 atom stereocenters. The molecule has 0 spiro atoms. The summed E-state index contributed by atoms with van der Waals surface area (Å²) in [6.07, 6.45) is -0.736. The van der Waals surface area contributed by atoms with Crippen molar-refractivity contribution < 1.29 is 9.53 Å². The number of hydrogen-bond acceptors (Lipinski definition) is 6. The number of para-hydroxylation sites is 1. The molecule has 27 heavy (non-hydrogen) atoms. The maximum Gasteiger partial charge on any atom is 0.265 e. The quantitative estimate of drug-likeness (QED) is 0.616. The molecule has 3 rings (SSSR count). The van der Waals surface area contributed by atoms with Crippen LogP contribution in [0, 0.1) is 11.3 Å². The Kier molecular flexibility index (Phi) is 5.44. The molecule has 8 nitrogen and oxygen atoms in total. The number of nitrogens with one attached hydrogen (secondary N) is 2. The molecule has 0 saturated heterocycles. The van der Waals surface area contributed by atoms with Gasteiger partial charge < -0.3 is 15.8 Å². The summed E-state index contributed by atoms with van der Waals surface area (Å²) in [5.74, 6) is 1.20. The number of anilines is 1. The van der Waals surface area contributed by atoms with Gasteiger partial charge in [0.25, 0.3) is 5.91 Å². The van der Waals surface area contributed by atoms with E-state index in [9.17, 15) is 4.79 Å². The zero-order valence-corrected chi connectivity index (χ0v) is 14.6. The monoisotopic (exact) mass is 362 g/mol. The van der Waals surface area contributed by atoms with Gasteiger partial charge in [0.15, 0.2) is 17.8 Å². The number of rotatable bonds is 6. The first-order chi connectivity index (χ1) is 13.1. The zero-order valence-electron chi connectivity index (χ0n) is 14.6. The highest BCUT2D eigenvalue weighted by atomic mass is 16.5. The summed E-state index contributed by atoms with van der Waals surface area (Å²) < 4.78 is 5.64. The van der Waals surface area contributed by atoms with Gasteiger partial charge in [-0.2, -0.15) is 10.4 Å². The Morgan fingerprint density at radius 3 is 2.70 bits per heavy atom. The number of nitrogens with zero attached hydrogens (tertiary/aromatic N) is 3. The number of carbonyl (C=O) groups is 1. The van der Waals surface area contributed by atoms with Crippen LogP contribution in [0.5, 0.6) is 5.75 Å². The third-order valence-electron chi connectivity index (χ3n) is 3.82. The number of aromatic nitrogens is 3. The van der Waals surface area contributed by atoms with Gasteiger partial charge >= 0.3 is 0 Å². The van der Waals surface area contributed by atoms with Crippen LogP contribution in [-0.4, -0.2) is 27.2 Å². The van der Waals surface area contributed by atoms with Gasteiger partial charge in [-0.3, -0.25) is 9.89 Å². The summed E-state index contributed by atoms with van der Waals surface area (Å²) in [4.78, 5) is 16.8. The summed E-state index contributed by atoms with van der Waals surface area (Å²) >= 11 is 0. The highest BCUT2D eigenvalue weighted by molar-refractivity contribution is 5.97. The van der Waals surface area contributed by atoms with E-state index < -0.39 is 6.10 Å². The van der Waals surface area contributed by atoms with E-state index in [-0.39, 0.29) is 12.5 Å². The van der Waals surface area contributed by atoms with E-state index in [0.29, 0.717) is 34.2 Å². The van der Waals surface area contributed by atoms with Gasteiger partial charge in [-0.25, -0.2) is 4.98 Å². The lowest BCUT2D eigenvalue weighted by molar-refractivity contribution is -0.122. The van der Waals surface area contributed by atoms with Crippen molar-refractivity contribution in [3.05, 3.63) is 59.9 Å². The van der Waals surface area contributed by atoms with Crippen LogP contribution in [0.2, 0.25) is 0 Å². The maximum absolute atomic E-state index is 12.5. The van der Waals surface area contributed by atoms with Crippen molar-refractivity contribution in [2.75, 3.05) is 5.32 Å². The number of carbonyl (C=O) groups excluding carboxylic acids is 1. The molecule has 0 aliphatic rings. The Bertz CT molecular complexity index is 974. The van der Waals surface area contributed by atoms with Gasteiger partial charge in [-0.1, -0.05) is 12.1 Å². The van der Waals surface area contributed by atoms with Crippen LogP contribution in [0.25, 0.3) is 11.4 Å². The second-order valence-electron chi connectivity index (χ2n) is 5.74. The third kappa shape index (κ3) is 4.29. The van der Waals surface area contributed by atoms with Crippen LogP contribution in [0.1, 0.15) is 18.3 Å². The lowest BCUT2D eigenvalue weighted by Gasteiger charge is -2.16. The van der Waals surface area contributed by atoms with Crippen LogP contribution in [0.15, 0.2) is 48.5 Å². The van der Waals surface area contributed by atoms with Crippen molar-refractivity contribution in [1.82, 2.24) is 15.2 Å². The second-order valence-corrected chi connectivity index (χ2v) is 5.74. The first-order valence-electron chi connectivity index (χ1n) is 8.29. The lowest BCUT2D eigenvalue weighted by Crippen LogP contribution is -2.30. The van der Waals surface area contributed by atoms with E-state index in [2.05, 4.69) is 20.5 Å². The van der Waals surface area contributed by atoms with Crippen LogP contribution in [0.4, 0.5) is 5.69 Å². The molecule has 4 N–H and O–H groups in total. The molecule has 1 aromatic heterocycles. The summed E-state index contributed by atoms with van der Waals surface area (Å²) in [7, 11) is 0. The molecule has 0 bridgehead atoms. The van der Waals surface area contributed by atoms with Crippen molar-refractivity contribution in [3.8, 4) is 23.2 Å². The molecule has 0 aliphatic carbocycles. The maximum atomic E-state index is 12.5. The Balaban J connectivity index is 1.72. The fourth-order valence-corrected chi connectivity index (χ4v) is 2.41. The molecule has 0 saturated carbocycles. The topological polar surface area (TPSA) is 130 Å². The molecule has 1 amide bonds. The number of aromatic amines is 1. The van der Waals surface area contributed by atoms with Gasteiger partial charge in [-0.05, 0) is 43.3 Å². The van der Waals surface area contributed by atoms with Crippen molar-refractivity contribution >= 4 is 11.6 Å². The standard InChI is InChI=1S/C19H18N6O2/c1-12(27-14-8-6-13(10-20)7-9-14)19(26)22-16-5-3-2-4-15(16)18-23-17(11-21)24-25-18/h2-9,12H,11,21H2,1H3,(H,22,26)(H,23,24,25). The minimum Gasteiger partial charge on any atom is -0.481 e. The van der Waals surface area contributed by atoms with Gasteiger partial charge in [-0.15, -0.1) is 0 Å². The minimum atomic E-state index is -0.736. The Morgan fingerprint density at radius 1 is 1.30 bits per heavy atom. The van der Waals surface area contributed by atoms with E-state index in [1.807, 2.05) is 24.3 Å². The van der Waals surface area contributed by atoms with E-state index in [0.717, 1.165) is 0 Å². The van der Waals surface area contributed by atoms with Gasteiger partial charge in [0.1, 0.15) is 5.75 Å². The number of hydrogen-bond donors (Lipinski definition) is 3. The fraction of sp³-hybridized carbons (Fsp3) is 0.158. The number of amides is 1. The highest BCUT2D eigenvalue weighted by Crippen LogP contribution is 2.25. The number of H-pyrrole nitrogens is 1. The first-order valence-corrected chi connectivity index (χ1v) is 8.29. The smallest absolute Gasteiger partial charge is 0.265 e. The molecule has 0 fully saturated rings. The summed E-state index contributed by atoms with van der Waals surface area (Å²) in [6, 6.07) is 15.8. The molecule has 0 aliphatic heterocycles. The summed E-state index contributed by atoms with van der Waals surface area (Å²) in [6.45, 7) is 1.87. The molecular weight excluding hydrogens is 344 g/mol. The molecule has 136 valence electrons. The van der Waals surface area contributed by atoms with E-state index in [1.165, 1.54) is 0 Å². The van der Waals surface area contributed by atoms with Crippen molar-refractivity contribution in [2.24, 2.45) is 5.73 Å². The average molecular weight is 362 g/mol. The number of nitriles is 1. The van der Waals surface area contributed by atoms with Crippen LogP contribution < -0.4 is 15.8 Å². The molecular formula is C19H18N6O2. The van der Waals surface area contributed by atoms with E-state index >= 15 is 0 Å². The van der Waals surface area contributed by atoms with E-state index in [4.69, 9.17) is 15.7 Å². The molecule has 0 radical (unpaired) electrons. The number of benzene rings is 2. The summed E-state index contributed by atoms with van der Waals surface area (Å²) in [5, 5.41) is 18.5. The molecule has 8 heteroatoms. The van der Waals surface area contributed by atoms with Crippen molar-refractivity contribution in [2.45, 2.75) is 19.6 Å². The number of nitrogens with two attached hydrogens (primary N) is 1. The van der Waals surface area contributed by atoms with Crippen LogP contribution >= 0.6 is 0 Å². The van der Waals surface area contributed by atoms with Crippen molar-refractivity contribution in [3.63, 3.8) is 0 Å².